The van der Waals surface area contributed by atoms with Gasteiger partial charge in [-0.25, -0.2) is 4.79 Å². The van der Waals surface area contributed by atoms with E-state index >= 15 is 0 Å². The van der Waals surface area contributed by atoms with Crippen molar-refractivity contribution in [1.82, 2.24) is 10.2 Å². The molecular formula is C12H10ClN3O3. The molecule has 1 aromatic rings. The van der Waals surface area contributed by atoms with Crippen LogP contribution in [0.5, 0.6) is 5.75 Å². The van der Waals surface area contributed by atoms with Crippen LogP contribution in [0.15, 0.2) is 24.3 Å². The van der Waals surface area contributed by atoms with Crippen LogP contribution in [-0.2, 0) is 4.79 Å². The zero-order chi connectivity index (χ0) is 13.8. The quantitative estimate of drug-likeness (QED) is 0.842. The van der Waals surface area contributed by atoms with Gasteiger partial charge in [0.2, 0.25) is 0 Å². The second-order valence-corrected chi connectivity index (χ2v) is 4.33. The average molecular weight is 280 g/mol. The Balaban J connectivity index is 1.74. The number of benzene rings is 1. The van der Waals surface area contributed by atoms with Crippen molar-refractivity contribution >= 4 is 23.5 Å². The van der Waals surface area contributed by atoms with Crippen LogP contribution in [0.1, 0.15) is 0 Å². The van der Waals surface area contributed by atoms with E-state index in [1.54, 1.807) is 24.3 Å². The van der Waals surface area contributed by atoms with E-state index in [1.807, 2.05) is 6.07 Å². The summed E-state index contributed by atoms with van der Waals surface area (Å²) in [5, 5.41) is 11.2. The standard InChI is InChI=1S/C12H10ClN3O3/c13-8-1-3-10(4-2-8)19-7-11(17)15-12(18)16-6-9(16)5-14/h1-4,9H,6-7H2,(H,15,17,18). The van der Waals surface area contributed by atoms with Gasteiger partial charge in [0.25, 0.3) is 5.91 Å². The number of ether oxygens (including phenoxy) is 1. The first-order valence-electron chi connectivity index (χ1n) is 5.48. The van der Waals surface area contributed by atoms with Gasteiger partial charge in [0.1, 0.15) is 11.8 Å². The lowest BCUT2D eigenvalue weighted by Crippen LogP contribution is -2.37. The molecule has 19 heavy (non-hydrogen) atoms. The van der Waals surface area contributed by atoms with E-state index in [9.17, 15) is 9.59 Å². The van der Waals surface area contributed by atoms with Gasteiger partial charge in [-0.3, -0.25) is 10.1 Å². The van der Waals surface area contributed by atoms with E-state index in [1.165, 1.54) is 4.90 Å². The smallest absolute Gasteiger partial charge is 0.325 e. The van der Waals surface area contributed by atoms with Gasteiger partial charge in [-0.2, -0.15) is 5.26 Å². The van der Waals surface area contributed by atoms with Crippen LogP contribution in [0.3, 0.4) is 0 Å². The molecule has 1 aliphatic heterocycles. The normalized spacial score (nSPS) is 16.4. The number of urea groups is 1. The Labute approximate surface area is 114 Å². The molecule has 0 radical (unpaired) electrons. The summed E-state index contributed by atoms with van der Waals surface area (Å²) in [6.07, 6.45) is 0. The summed E-state index contributed by atoms with van der Waals surface area (Å²) in [5.41, 5.74) is 0. The van der Waals surface area contributed by atoms with E-state index in [2.05, 4.69) is 5.32 Å². The van der Waals surface area contributed by atoms with Gasteiger partial charge in [0.05, 0.1) is 12.6 Å². The van der Waals surface area contributed by atoms with Gasteiger partial charge in [0.15, 0.2) is 6.61 Å². The van der Waals surface area contributed by atoms with Crippen LogP contribution in [0, 0.1) is 11.3 Å². The van der Waals surface area contributed by atoms with Crippen molar-refractivity contribution in [2.24, 2.45) is 0 Å². The largest absolute Gasteiger partial charge is 0.484 e. The molecule has 1 atom stereocenters. The number of hydrogen-bond donors (Lipinski definition) is 1. The highest BCUT2D eigenvalue weighted by molar-refractivity contribution is 6.30. The zero-order valence-electron chi connectivity index (χ0n) is 9.80. The van der Waals surface area contributed by atoms with Crippen LogP contribution in [0.4, 0.5) is 4.79 Å². The second kappa shape index (κ2) is 5.59. The monoisotopic (exact) mass is 279 g/mol. The summed E-state index contributed by atoms with van der Waals surface area (Å²) < 4.78 is 5.17. The molecule has 1 aliphatic rings. The fourth-order valence-electron chi connectivity index (χ4n) is 1.38. The molecule has 0 bridgehead atoms. The maximum Gasteiger partial charge on any atom is 0.325 e. The van der Waals surface area contributed by atoms with Gasteiger partial charge < -0.3 is 9.64 Å². The molecule has 6 nitrogen and oxygen atoms in total. The minimum absolute atomic E-state index is 0.279. The summed E-state index contributed by atoms with van der Waals surface area (Å²) >= 11 is 5.70. The summed E-state index contributed by atoms with van der Waals surface area (Å²) in [6.45, 7) is 0.0755. The maximum absolute atomic E-state index is 11.4. The molecule has 0 aromatic heterocycles. The van der Waals surface area contributed by atoms with Crippen molar-refractivity contribution in [2.75, 3.05) is 13.2 Å². The number of nitriles is 1. The van der Waals surface area contributed by atoms with Crippen LogP contribution < -0.4 is 10.1 Å². The van der Waals surface area contributed by atoms with E-state index in [0.717, 1.165) is 0 Å². The van der Waals surface area contributed by atoms with Crippen LogP contribution >= 0.6 is 11.6 Å². The molecule has 1 aromatic carbocycles. The first-order valence-corrected chi connectivity index (χ1v) is 5.86. The Morgan fingerprint density at radius 2 is 2.16 bits per heavy atom. The van der Waals surface area contributed by atoms with Gasteiger partial charge in [-0.15, -0.1) is 0 Å². The van der Waals surface area contributed by atoms with Gasteiger partial charge in [-0.1, -0.05) is 11.6 Å². The molecule has 0 saturated carbocycles. The van der Waals surface area contributed by atoms with E-state index in [0.29, 0.717) is 17.3 Å². The minimum atomic E-state index is -0.573. The van der Waals surface area contributed by atoms with Crippen molar-refractivity contribution < 1.29 is 14.3 Å². The molecule has 1 unspecified atom stereocenters. The average Bonchev–Trinajstić information content (AvgIpc) is 3.17. The number of nitrogens with one attached hydrogen (secondary N) is 1. The topological polar surface area (TPSA) is 82.2 Å². The number of carbonyl (C=O) groups is 2. The zero-order valence-corrected chi connectivity index (χ0v) is 10.6. The molecule has 0 spiro atoms. The van der Waals surface area contributed by atoms with E-state index in [4.69, 9.17) is 21.6 Å². The molecule has 2 rings (SSSR count). The Bertz CT molecular complexity index is 538. The Morgan fingerprint density at radius 3 is 2.74 bits per heavy atom. The van der Waals surface area contributed by atoms with Crippen LogP contribution in [0.2, 0.25) is 5.02 Å². The third-order valence-electron chi connectivity index (χ3n) is 2.45. The third kappa shape index (κ3) is 3.60. The molecular weight excluding hydrogens is 270 g/mol. The lowest BCUT2D eigenvalue weighted by atomic mass is 10.3. The van der Waals surface area contributed by atoms with Gasteiger partial charge in [-0.05, 0) is 24.3 Å². The Hall–Kier alpha value is -2.26. The number of carbonyl (C=O) groups excluding carboxylic acids is 2. The summed E-state index contributed by atoms with van der Waals surface area (Å²) in [7, 11) is 0. The third-order valence-corrected chi connectivity index (χ3v) is 2.70. The van der Waals surface area contributed by atoms with E-state index in [-0.39, 0.29) is 6.61 Å². The summed E-state index contributed by atoms with van der Waals surface area (Å²) in [4.78, 5) is 24.1. The Kier molecular flexibility index (Phi) is 3.88. The number of imide groups is 1. The molecule has 98 valence electrons. The predicted octanol–water partition coefficient (Wildman–Crippen LogP) is 1.16. The maximum atomic E-state index is 11.4. The molecule has 1 N–H and O–H groups in total. The van der Waals surface area contributed by atoms with Crippen molar-refractivity contribution in [1.29, 1.82) is 5.26 Å². The first kappa shape index (κ1) is 13.2. The molecule has 3 amide bonds. The van der Waals surface area contributed by atoms with Gasteiger partial charge >= 0.3 is 6.03 Å². The second-order valence-electron chi connectivity index (χ2n) is 3.89. The van der Waals surface area contributed by atoms with Crippen LogP contribution in [0.25, 0.3) is 0 Å². The van der Waals surface area contributed by atoms with E-state index < -0.39 is 18.0 Å². The van der Waals surface area contributed by atoms with Gasteiger partial charge in [0, 0.05) is 5.02 Å². The molecule has 7 heteroatoms. The molecule has 1 heterocycles. The highest BCUT2D eigenvalue weighted by Gasteiger charge is 2.39. The Morgan fingerprint density at radius 1 is 1.47 bits per heavy atom. The number of rotatable bonds is 3. The predicted molar refractivity (Wildman–Crippen MR) is 66.6 cm³/mol. The van der Waals surface area contributed by atoms with Crippen molar-refractivity contribution in [3.8, 4) is 11.8 Å². The first-order chi connectivity index (χ1) is 9.10. The van der Waals surface area contributed by atoms with Crippen LogP contribution in [-0.4, -0.2) is 36.0 Å². The highest BCUT2D eigenvalue weighted by atomic mass is 35.5. The lowest BCUT2D eigenvalue weighted by molar-refractivity contribution is -0.122. The van der Waals surface area contributed by atoms with Crippen molar-refractivity contribution in [3.63, 3.8) is 0 Å². The number of hydrogen-bond acceptors (Lipinski definition) is 4. The fraction of sp³-hybridized carbons (Fsp3) is 0.250. The fourth-order valence-corrected chi connectivity index (χ4v) is 1.51. The molecule has 1 saturated heterocycles. The molecule has 0 aliphatic carbocycles. The molecule has 1 fully saturated rings. The number of halogens is 1. The highest BCUT2D eigenvalue weighted by Crippen LogP contribution is 2.16. The number of amides is 3. The minimum Gasteiger partial charge on any atom is -0.484 e. The van der Waals surface area contributed by atoms with Crippen molar-refractivity contribution in [2.45, 2.75) is 6.04 Å². The number of nitrogens with zero attached hydrogens (tertiary/aromatic N) is 2. The summed E-state index contributed by atoms with van der Waals surface area (Å²) in [6, 6.07) is 7.42. The SMILES string of the molecule is N#CC1CN1C(=O)NC(=O)COc1ccc(Cl)cc1. The lowest BCUT2D eigenvalue weighted by Gasteiger charge is -2.07. The summed E-state index contributed by atoms with van der Waals surface area (Å²) in [5.74, 6) is -0.0860. The van der Waals surface area contributed by atoms with Crippen molar-refractivity contribution in [3.05, 3.63) is 29.3 Å².